The summed E-state index contributed by atoms with van der Waals surface area (Å²) in [6, 6.07) is 4.46. The van der Waals surface area contributed by atoms with Crippen molar-refractivity contribution in [1.29, 1.82) is 0 Å². The number of hydrogen-bond donors (Lipinski definition) is 0. The first-order chi connectivity index (χ1) is 13.1. The zero-order valence-corrected chi connectivity index (χ0v) is 16.2. The van der Waals surface area contributed by atoms with Gasteiger partial charge < -0.3 is 19.0 Å². The molecule has 2 saturated heterocycles. The maximum atomic E-state index is 12.9. The van der Waals surface area contributed by atoms with Crippen LogP contribution in [0.2, 0.25) is 0 Å². The SMILES string of the molecule is CCOC1CCN(C(=O)C2CCN(c3nc4nc(C)ccc4o3)CC2)CC1. The molecule has 0 unspecified atom stereocenters. The predicted octanol–water partition coefficient (Wildman–Crippen LogP) is 2.78. The molecule has 4 rings (SSSR count). The molecule has 0 aliphatic carbocycles. The number of fused-ring (bicyclic) bond motifs is 1. The van der Waals surface area contributed by atoms with Crippen molar-refractivity contribution in [2.45, 2.75) is 45.6 Å². The van der Waals surface area contributed by atoms with Crippen LogP contribution in [0.4, 0.5) is 6.01 Å². The second-order valence-corrected chi connectivity index (χ2v) is 7.51. The van der Waals surface area contributed by atoms with Crippen LogP contribution in [0.1, 0.15) is 38.3 Å². The number of amides is 1. The van der Waals surface area contributed by atoms with Crippen molar-refractivity contribution in [2.75, 3.05) is 37.7 Å². The van der Waals surface area contributed by atoms with Crippen LogP contribution in [0, 0.1) is 12.8 Å². The fourth-order valence-electron chi connectivity index (χ4n) is 4.09. The van der Waals surface area contributed by atoms with Crippen LogP contribution in [0.3, 0.4) is 0 Å². The molecule has 2 aromatic rings. The number of likely N-dealkylation sites (tertiary alicyclic amines) is 1. The van der Waals surface area contributed by atoms with Gasteiger partial charge >= 0.3 is 0 Å². The summed E-state index contributed by atoms with van der Waals surface area (Å²) in [7, 11) is 0. The van der Waals surface area contributed by atoms with E-state index in [4.69, 9.17) is 9.15 Å². The molecule has 0 N–H and O–H groups in total. The summed E-state index contributed by atoms with van der Waals surface area (Å²) < 4.78 is 11.5. The van der Waals surface area contributed by atoms with E-state index in [1.54, 1.807) is 0 Å². The molecule has 0 saturated carbocycles. The van der Waals surface area contributed by atoms with Crippen LogP contribution >= 0.6 is 0 Å². The summed E-state index contributed by atoms with van der Waals surface area (Å²) >= 11 is 0. The van der Waals surface area contributed by atoms with Crippen LogP contribution in [0.15, 0.2) is 16.5 Å². The molecule has 2 aliphatic rings. The number of oxazole rings is 1. The summed E-state index contributed by atoms with van der Waals surface area (Å²) in [5, 5.41) is 0. The summed E-state index contributed by atoms with van der Waals surface area (Å²) in [6.45, 7) is 7.94. The van der Waals surface area contributed by atoms with Crippen molar-refractivity contribution in [3.05, 3.63) is 17.8 Å². The van der Waals surface area contributed by atoms with E-state index in [-0.39, 0.29) is 5.92 Å². The number of rotatable bonds is 4. The molecular formula is C20H28N4O3. The molecule has 0 radical (unpaired) electrons. The van der Waals surface area contributed by atoms with Gasteiger partial charge in [-0.25, -0.2) is 4.98 Å². The molecule has 0 atom stereocenters. The zero-order chi connectivity index (χ0) is 18.8. The van der Waals surface area contributed by atoms with Gasteiger partial charge in [0.1, 0.15) is 0 Å². The van der Waals surface area contributed by atoms with E-state index < -0.39 is 0 Å². The van der Waals surface area contributed by atoms with Gasteiger partial charge in [0.05, 0.1) is 6.10 Å². The number of hydrogen-bond acceptors (Lipinski definition) is 6. The largest absolute Gasteiger partial charge is 0.422 e. The molecule has 1 amide bonds. The van der Waals surface area contributed by atoms with Gasteiger partial charge in [-0.05, 0) is 51.7 Å². The highest BCUT2D eigenvalue weighted by Crippen LogP contribution is 2.27. The van der Waals surface area contributed by atoms with Crippen LogP contribution in [-0.4, -0.2) is 59.7 Å². The van der Waals surface area contributed by atoms with Gasteiger partial charge in [-0.15, -0.1) is 0 Å². The number of anilines is 1. The molecule has 0 bridgehead atoms. The number of carbonyl (C=O) groups is 1. The third-order valence-corrected chi connectivity index (χ3v) is 5.65. The Hall–Kier alpha value is -2.15. The van der Waals surface area contributed by atoms with Crippen molar-refractivity contribution in [1.82, 2.24) is 14.9 Å². The maximum absolute atomic E-state index is 12.9. The van der Waals surface area contributed by atoms with Crippen LogP contribution < -0.4 is 4.90 Å². The van der Waals surface area contributed by atoms with Gasteiger partial charge in [0.2, 0.25) is 11.6 Å². The molecule has 2 aromatic heterocycles. The Balaban J connectivity index is 1.32. The van der Waals surface area contributed by atoms with Crippen LogP contribution in [0.25, 0.3) is 11.2 Å². The average molecular weight is 372 g/mol. The van der Waals surface area contributed by atoms with Crippen molar-refractivity contribution < 1.29 is 13.9 Å². The molecule has 27 heavy (non-hydrogen) atoms. The fourth-order valence-corrected chi connectivity index (χ4v) is 4.09. The minimum Gasteiger partial charge on any atom is -0.422 e. The monoisotopic (exact) mass is 372 g/mol. The lowest BCUT2D eigenvalue weighted by Crippen LogP contribution is -2.46. The predicted molar refractivity (Wildman–Crippen MR) is 103 cm³/mol. The van der Waals surface area contributed by atoms with Crippen molar-refractivity contribution >= 4 is 23.2 Å². The molecule has 2 aliphatic heterocycles. The molecule has 0 spiro atoms. The first-order valence-corrected chi connectivity index (χ1v) is 10.0. The van der Waals surface area contributed by atoms with E-state index >= 15 is 0 Å². The van der Waals surface area contributed by atoms with Gasteiger partial charge in [-0.1, -0.05) is 0 Å². The maximum Gasteiger partial charge on any atom is 0.299 e. The Morgan fingerprint density at radius 3 is 2.59 bits per heavy atom. The fraction of sp³-hybridized carbons (Fsp3) is 0.650. The Morgan fingerprint density at radius 1 is 1.15 bits per heavy atom. The number of nitrogens with zero attached hydrogens (tertiary/aromatic N) is 4. The van der Waals surface area contributed by atoms with E-state index in [1.807, 2.05) is 30.9 Å². The Morgan fingerprint density at radius 2 is 1.89 bits per heavy atom. The summed E-state index contributed by atoms with van der Waals surface area (Å²) in [4.78, 5) is 25.9. The van der Waals surface area contributed by atoms with Gasteiger partial charge in [0.25, 0.3) is 6.01 Å². The second-order valence-electron chi connectivity index (χ2n) is 7.51. The number of piperidine rings is 2. The first-order valence-electron chi connectivity index (χ1n) is 10.0. The standard InChI is InChI=1S/C20H28N4O3/c1-3-26-16-8-12-23(13-9-16)19(25)15-6-10-24(11-7-15)20-22-18-17(27-20)5-4-14(2)21-18/h4-5,15-16H,3,6-13H2,1-2H3. The minimum absolute atomic E-state index is 0.106. The summed E-state index contributed by atoms with van der Waals surface area (Å²) in [5.74, 6) is 0.411. The van der Waals surface area contributed by atoms with Crippen LogP contribution in [-0.2, 0) is 9.53 Å². The number of aromatic nitrogens is 2. The number of pyridine rings is 1. The van der Waals surface area contributed by atoms with Crippen LogP contribution in [0.5, 0.6) is 0 Å². The lowest BCUT2D eigenvalue weighted by molar-refractivity contribution is -0.138. The van der Waals surface area contributed by atoms with E-state index in [1.165, 1.54) is 0 Å². The average Bonchev–Trinajstić information content (AvgIpc) is 3.11. The van der Waals surface area contributed by atoms with E-state index in [9.17, 15) is 4.79 Å². The Kier molecular flexibility index (Phi) is 5.29. The second kappa shape index (κ2) is 7.84. The summed E-state index contributed by atoms with van der Waals surface area (Å²) in [6.07, 6.45) is 3.91. The first kappa shape index (κ1) is 18.2. The number of ether oxygens (including phenoxy) is 1. The van der Waals surface area contributed by atoms with Gasteiger partial charge in [0, 0.05) is 44.4 Å². The summed E-state index contributed by atoms with van der Waals surface area (Å²) in [5.41, 5.74) is 2.30. The number of aryl methyl sites for hydroxylation is 1. The van der Waals surface area contributed by atoms with E-state index in [2.05, 4.69) is 14.9 Å². The minimum atomic E-state index is 0.106. The smallest absolute Gasteiger partial charge is 0.299 e. The highest BCUT2D eigenvalue weighted by Gasteiger charge is 2.32. The lowest BCUT2D eigenvalue weighted by atomic mass is 9.94. The molecule has 7 heteroatoms. The topological polar surface area (TPSA) is 71.7 Å². The molecule has 7 nitrogen and oxygen atoms in total. The zero-order valence-electron chi connectivity index (χ0n) is 16.2. The van der Waals surface area contributed by atoms with Crippen molar-refractivity contribution in [2.24, 2.45) is 5.92 Å². The van der Waals surface area contributed by atoms with Gasteiger partial charge in [-0.3, -0.25) is 4.79 Å². The number of carbonyl (C=O) groups excluding carboxylic acids is 1. The molecule has 4 heterocycles. The normalized spacial score (nSPS) is 19.8. The van der Waals surface area contributed by atoms with Crippen molar-refractivity contribution in [3.8, 4) is 0 Å². The van der Waals surface area contributed by atoms with Gasteiger partial charge in [-0.2, -0.15) is 4.98 Å². The Bertz CT molecular complexity index is 790. The van der Waals surface area contributed by atoms with Gasteiger partial charge in [0.15, 0.2) is 5.58 Å². The Labute approximate surface area is 159 Å². The van der Waals surface area contributed by atoms with Crippen molar-refractivity contribution in [3.63, 3.8) is 0 Å². The lowest BCUT2D eigenvalue weighted by Gasteiger charge is -2.36. The van der Waals surface area contributed by atoms with E-state index in [0.29, 0.717) is 29.3 Å². The highest BCUT2D eigenvalue weighted by atomic mass is 16.5. The molecule has 0 aromatic carbocycles. The highest BCUT2D eigenvalue weighted by molar-refractivity contribution is 5.79. The molecule has 2 fully saturated rings. The third kappa shape index (κ3) is 3.93. The van der Waals surface area contributed by atoms with E-state index in [0.717, 1.165) is 64.2 Å². The quantitative estimate of drug-likeness (QED) is 0.822. The molecular weight excluding hydrogens is 344 g/mol. The molecule has 146 valence electrons. The third-order valence-electron chi connectivity index (χ3n) is 5.65.